The van der Waals surface area contributed by atoms with Gasteiger partial charge in [-0.25, -0.2) is 4.79 Å². The van der Waals surface area contributed by atoms with E-state index in [0.717, 1.165) is 19.5 Å². The molecule has 6 heteroatoms. The second-order valence-corrected chi connectivity index (χ2v) is 5.63. The fraction of sp³-hybridized carbons (Fsp3) is 0.833. The SMILES string of the molecule is CN1CCC(C)(CNC(=O)CNC(=O)N(C)C)C1. The molecule has 0 radical (unpaired) electrons. The van der Waals surface area contributed by atoms with Crippen molar-refractivity contribution in [3.8, 4) is 0 Å². The first-order valence-electron chi connectivity index (χ1n) is 6.23. The summed E-state index contributed by atoms with van der Waals surface area (Å²) in [6.45, 7) is 4.94. The van der Waals surface area contributed by atoms with Crippen molar-refractivity contribution in [3.63, 3.8) is 0 Å². The molecule has 18 heavy (non-hydrogen) atoms. The van der Waals surface area contributed by atoms with E-state index >= 15 is 0 Å². The molecular weight excluding hydrogens is 232 g/mol. The summed E-state index contributed by atoms with van der Waals surface area (Å²) in [5, 5.41) is 5.42. The number of amides is 3. The average molecular weight is 256 g/mol. The number of likely N-dealkylation sites (tertiary alicyclic amines) is 1. The zero-order valence-corrected chi connectivity index (χ0v) is 11.7. The number of hydrogen-bond donors (Lipinski definition) is 2. The van der Waals surface area contributed by atoms with Gasteiger partial charge in [-0.1, -0.05) is 6.92 Å². The van der Waals surface area contributed by atoms with Gasteiger partial charge in [0.25, 0.3) is 0 Å². The van der Waals surface area contributed by atoms with Crippen molar-refractivity contribution in [1.29, 1.82) is 0 Å². The molecule has 0 bridgehead atoms. The minimum absolute atomic E-state index is 0.0307. The predicted molar refractivity (Wildman–Crippen MR) is 70.3 cm³/mol. The molecule has 104 valence electrons. The zero-order valence-electron chi connectivity index (χ0n) is 11.7. The van der Waals surface area contributed by atoms with Crippen molar-refractivity contribution in [2.24, 2.45) is 5.41 Å². The van der Waals surface area contributed by atoms with Crippen LogP contribution in [-0.4, -0.2) is 69.1 Å². The number of carbonyl (C=O) groups is 2. The average Bonchev–Trinajstić information content (AvgIpc) is 2.64. The van der Waals surface area contributed by atoms with Crippen LogP contribution in [0, 0.1) is 5.41 Å². The van der Waals surface area contributed by atoms with Crippen LogP contribution in [0.15, 0.2) is 0 Å². The highest BCUT2D eigenvalue weighted by atomic mass is 16.2. The molecular formula is C12H24N4O2. The molecule has 0 aliphatic carbocycles. The second-order valence-electron chi connectivity index (χ2n) is 5.63. The summed E-state index contributed by atoms with van der Waals surface area (Å²) in [6, 6.07) is -0.253. The molecule has 3 amide bonds. The first-order valence-corrected chi connectivity index (χ1v) is 6.23. The molecule has 1 saturated heterocycles. The van der Waals surface area contributed by atoms with Crippen molar-refractivity contribution in [2.75, 3.05) is 47.3 Å². The number of nitrogens with zero attached hydrogens (tertiary/aromatic N) is 2. The molecule has 2 N–H and O–H groups in total. The van der Waals surface area contributed by atoms with E-state index in [4.69, 9.17) is 0 Å². The van der Waals surface area contributed by atoms with E-state index in [1.165, 1.54) is 4.90 Å². The molecule has 1 rings (SSSR count). The van der Waals surface area contributed by atoms with E-state index in [1.54, 1.807) is 14.1 Å². The van der Waals surface area contributed by atoms with Gasteiger partial charge in [0.05, 0.1) is 6.54 Å². The molecule has 0 aromatic carbocycles. The van der Waals surface area contributed by atoms with Crippen molar-refractivity contribution >= 4 is 11.9 Å². The van der Waals surface area contributed by atoms with Crippen LogP contribution in [0.25, 0.3) is 0 Å². The van der Waals surface area contributed by atoms with Gasteiger partial charge in [-0.05, 0) is 25.4 Å². The molecule has 1 fully saturated rings. The molecule has 0 aromatic heterocycles. The van der Waals surface area contributed by atoms with Gasteiger partial charge >= 0.3 is 6.03 Å². The molecule has 1 heterocycles. The molecule has 1 aliphatic rings. The lowest BCUT2D eigenvalue weighted by Gasteiger charge is -2.24. The minimum atomic E-state index is -0.253. The van der Waals surface area contributed by atoms with Crippen LogP contribution in [0.4, 0.5) is 4.79 Å². The Hall–Kier alpha value is -1.30. The molecule has 1 unspecified atom stereocenters. The standard InChI is InChI=1S/C12H24N4O2/c1-12(5-6-16(4)9-12)8-14-10(17)7-13-11(18)15(2)3/h5-9H2,1-4H3,(H,13,18)(H,14,17). The maximum absolute atomic E-state index is 11.6. The van der Waals surface area contributed by atoms with Crippen LogP contribution in [0.3, 0.4) is 0 Å². The van der Waals surface area contributed by atoms with E-state index in [-0.39, 0.29) is 23.9 Å². The van der Waals surface area contributed by atoms with Gasteiger partial charge in [0.1, 0.15) is 0 Å². The van der Waals surface area contributed by atoms with Gasteiger partial charge in [0.2, 0.25) is 5.91 Å². The van der Waals surface area contributed by atoms with Crippen LogP contribution in [0.1, 0.15) is 13.3 Å². The van der Waals surface area contributed by atoms with E-state index in [1.807, 2.05) is 0 Å². The number of urea groups is 1. The van der Waals surface area contributed by atoms with Crippen LogP contribution in [0.5, 0.6) is 0 Å². The normalized spacial score (nSPS) is 23.8. The maximum atomic E-state index is 11.6. The van der Waals surface area contributed by atoms with Gasteiger partial charge in [0, 0.05) is 27.2 Å². The molecule has 1 aliphatic heterocycles. The lowest BCUT2D eigenvalue weighted by Crippen LogP contribution is -2.44. The summed E-state index contributed by atoms with van der Waals surface area (Å²) < 4.78 is 0. The summed E-state index contributed by atoms with van der Waals surface area (Å²) in [5.74, 6) is -0.138. The fourth-order valence-corrected chi connectivity index (χ4v) is 2.10. The Morgan fingerprint density at radius 3 is 2.50 bits per heavy atom. The summed E-state index contributed by atoms with van der Waals surface area (Å²) in [7, 11) is 5.37. The third-order valence-electron chi connectivity index (χ3n) is 3.27. The smallest absolute Gasteiger partial charge is 0.317 e. The summed E-state index contributed by atoms with van der Waals surface area (Å²) in [5.41, 5.74) is 0.149. The Morgan fingerprint density at radius 2 is 2.00 bits per heavy atom. The van der Waals surface area contributed by atoms with Crippen LogP contribution >= 0.6 is 0 Å². The fourth-order valence-electron chi connectivity index (χ4n) is 2.10. The largest absolute Gasteiger partial charge is 0.354 e. The van der Waals surface area contributed by atoms with Crippen LogP contribution < -0.4 is 10.6 Å². The molecule has 0 saturated carbocycles. The van der Waals surface area contributed by atoms with Gasteiger partial charge in [-0.3, -0.25) is 4.79 Å². The van der Waals surface area contributed by atoms with Gasteiger partial charge < -0.3 is 20.4 Å². The van der Waals surface area contributed by atoms with Crippen LogP contribution in [-0.2, 0) is 4.79 Å². The first-order chi connectivity index (χ1) is 8.32. The second kappa shape index (κ2) is 6.04. The van der Waals surface area contributed by atoms with E-state index in [2.05, 4.69) is 29.5 Å². The molecule has 1 atom stereocenters. The van der Waals surface area contributed by atoms with Crippen molar-refractivity contribution < 1.29 is 9.59 Å². The van der Waals surface area contributed by atoms with Crippen molar-refractivity contribution in [2.45, 2.75) is 13.3 Å². The van der Waals surface area contributed by atoms with E-state index in [0.29, 0.717) is 6.54 Å². The lowest BCUT2D eigenvalue weighted by molar-refractivity contribution is -0.120. The zero-order chi connectivity index (χ0) is 13.8. The maximum Gasteiger partial charge on any atom is 0.317 e. The number of nitrogens with one attached hydrogen (secondary N) is 2. The number of rotatable bonds is 4. The van der Waals surface area contributed by atoms with E-state index < -0.39 is 0 Å². The van der Waals surface area contributed by atoms with Crippen LogP contribution in [0.2, 0.25) is 0 Å². The Balaban J connectivity index is 2.23. The van der Waals surface area contributed by atoms with Gasteiger partial charge in [0.15, 0.2) is 0 Å². The summed E-state index contributed by atoms with van der Waals surface area (Å²) in [4.78, 5) is 26.5. The first kappa shape index (κ1) is 14.8. The quantitative estimate of drug-likeness (QED) is 0.727. The van der Waals surface area contributed by atoms with E-state index in [9.17, 15) is 9.59 Å². The molecule has 0 spiro atoms. The third kappa shape index (κ3) is 4.52. The molecule has 0 aromatic rings. The lowest BCUT2D eigenvalue weighted by atomic mass is 9.90. The summed E-state index contributed by atoms with van der Waals surface area (Å²) in [6.07, 6.45) is 1.09. The summed E-state index contributed by atoms with van der Waals surface area (Å²) >= 11 is 0. The third-order valence-corrected chi connectivity index (χ3v) is 3.27. The van der Waals surface area contributed by atoms with Crippen molar-refractivity contribution in [1.82, 2.24) is 20.4 Å². The van der Waals surface area contributed by atoms with Gasteiger partial charge in [-0.15, -0.1) is 0 Å². The minimum Gasteiger partial charge on any atom is -0.354 e. The Kier molecular flexibility index (Phi) is 4.95. The molecule has 6 nitrogen and oxygen atoms in total. The topological polar surface area (TPSA) is 64.7 Å². The number of hydrogen-bond acceptors (Lipinski definition) is 3. The van der Waals surface area contributed by atoms with Crippen molar-refractivity contribution in [3.05, 3.63) is 0 Å². The monoisotopic (exact) mass is 256 g/mol. The Labute approximate surface area is 109 Å². The van der Waals surface area contributed by atoms with Gasteiger partial charge in [-0.2, -0.15) is 0 Å². The highest BCUT2D eigenvalue weighted by molar-refractivity contribution is 5.83. The number of carbonyl (C=O) groups excluding carboxylic acids is 2. The Morgan fingerprint density at radius 1 is 1.33 bits per heavy atom. The highest BCUT2D eigenvalue weighted by Crippen LogP contribution is 2.27. The predicted octanol–water partition coefficient (Wildman–Crippen LogP) is -0.284. The highest BCUT2D eigenvalue weighted by Gasteiger charge is 2.32. The Bertz CT molecular complexity index is 319.